The third kappa shape index (κ3) is 6.48. The number of carboxylic acids is 1. The summed E-state index contributed by atoms with van der Waals surface area (Å²) in [6.45, 7) is 14.9. The standard InChI is InChI=1S/C30H40N2O4/c1-8-23-18-21(14-17-26(23)36-30(5,6)27(33)34)10-9-11-25-20-32(28(35)31(25)7)19-22-12-15-24(16-13-22)29(2,3)4/h8,12-18,25H,1,9-11,19-20H2,2-7H3,(H,33,34). The fourth-order valence-corrected chi connectivity index (χ4v) is 4.45. The molecule has 1 aliphatic rings. The molecule has 36 heavy (non-hydrogen) atoms. The van der Waals surface area contributed by atoms with Crippen LogP contribution in [0.2, 0.25) is 0 Å². The van der Waals surface area contributed by atoms with Gasteiger partial charge < -0.3 is 19.6 Å². The van der Waals surface area contributed by atoms with E-state index in [1.54, 1.807) is 6.08 Å². The number of nitrogens with zero attached hydrogens (tertiary/aromatic N) is 2. The molecule has 0 spiro atoms. The summed E-state index contributed by atoms with van der Waals surface area (Å²) in [7, 11) is 1.89. The molecule has 194 valence electrons. The fourth-order valence-electron chi connectivity index (χ4n) is 4.45. The fraction of sp³-hybridized carbons (Fsp3) is 0.467. The van der Waals surface area contributed by atoms with Crippen LogP contribution in [-0.4, -0.2) is 52.1 Å². The Morgan fingerprint density at radius 3 is 2.33 bits per heavy atom. The summed E-state index contributed by atoms with van der Waals surface area (Å²) < 4.78 is 5.72. The predicted octanol–water partition coefficient (Wildman–Crippen LogP) is 6.13. The van der Waals surface area contributed by atoms with E-state index in [-0.39, 0.29) is 17.5 Å². The van der Waals surface area contributed by atoms with E-state index in [0.717, 1.165) is 42.5 Å². The number of carboxylic acid groups (broad SMARTS) is 1. The summed E-state index contributed by atoms with van der Waals surface area (Å²) in [6, 6.07) is 14.6. The van der Waals surface area contributed by atoms with Gasteiger partial charge in [-0.05, 0) is 67.3 Å². The highest BCUT2D eigenvalue weighted by Crippen LogP contribution is 2.28. The summed E-state index contributed by atoms with van der Waals surface area (Å²) >= 11 is 0. The third-order valence-electron chi connectivity index (χ3n) is 6.92. The second-order valence-electron chi connectivity index (χ2n) is 11.3. The number of urea groups is 1. The van der Waals surface area contributed by atoms with Gasteiger partial charge in [0, 0.05) is 25.7 Å². The first-order valence-electron chi connectivity index (χ1n) is 12.6. The molecule has 0 radical (unpaired) electrons. The van der Waals surface area contributed by atoms with Crippen LogP contribution in [0.15, 0.2) is 49.0 Å². The highest BCUT2D eigenvalue weighted by atomic mass is 16.5. The number of aryl methyl sites for hydroxylation is 1. The number of likely N-dealkylation sites (N-methyl/N-ethyl adjacent to an activating group) is 1. The molecule has 1 aliphatic heterocycles. The monoisotopic (exact) mass is 492 g/mol. The SMILES string of the molecule is C=Cc1cc(CCCC2CN(Cc3ccc(C(C)(C)C)cc3)C(=O)N2C)ccc1OC(C)(C)C(=O)O. The lowest BCUT2D eigenvalue weighted by Gasteiger charge is -2.23. The normalized spacial score (nSPS) is 16.4. The minimum atomic E-state index is -1.32. The van der Waals surface area contributed by atoms with Crippen molar-refractivity contribution < 1.29 is 19.4 Å². The van der Waals surface area contributed by atoms with Crippen molar-refractivity contribution in [3.05, 3.63) is 71.3 Å². The molecule has 1 N–H and O–H groups in total. The lowest BCUT2D eigenvalue weighted by Crippen LogP contribution is -2.38. The van der Waals surface area contributed by atoms with Crippen LogP contribution in [0.5, 0.6) is 5.75 Å². The molecule has 1 saturated heterocycles. The average Bonchev–Trinajstić information content (AvgIpc) is 3.07. The number of amides is 2. The number of benzene rings is 2. The first-order chi connectivity index (χ1) is 16.8. The molecule has 0 aliphatic carbocycles. The van der Waals surface area contributed by atoms with Gasteiger partial charge in [0.2, 0.25) is 0 Å². The minimum absolute atomic E-state index is 0.0800. The first-order valence-corrected chi connectivity index (χ1v) is 12.6. The second kappa shape index (κ2) is 10.8. The van der Waals surface area contributed by atoms with Crippen molar-refractivity contribution in [3.63, 3.8) is 0 Å². The van der Waals surface area contributed by atoms with Gasteiger partial charge >= 0.3 is 12.0 Å². The first kappa shape index (κ1) is 27.3. The molecule has 1 fully saturated rings. The Morgan fingerprint density at radius 1 is 1.11 bits per heavy atom. The topological polar surface area (TPSA) is 70.1 Å². The number of aliphatic carboxylic acids is 1. The lowest BCUT2D eigenvalue weighted by molar-refractivity contribution is -0.152. The van der Waals surface area contributed by atoms with Crippen molar-refractivity contribution >= 4 is 18.1 Å². The molecule has 2 amide bonds. The Balaban J connectivity index is 1.56. The van der Waals surface area contributed by atoms with Crippen molar-refractivity contribution in [3.8, 4) is 5.75 Å². The zero-order valence-electron chi connectivity index (χ0n) is 22.5. The van der Waals surface area contributed by atoms with Crippen molar-refractivity contribution in [2.75, 3.05) is 13.6 Å². The van der Waals surface area contributed by atoms with Crippen LogP contribution >= 0.6 is 0 Å². The zero-order valence-corrected chi connectivity index (χ0v) is 22.5. The molecule has 1 unspecified atom stereocenters. The van der Waals surface area contributed by atoms with Crippen molar-refractivity contribution in [2.45, 2.75) is 77.5 Å². The van der Waals surface area contributed by atoms with Crippen LogP contribution in [0, 0.1) is 0 Å². The van der Waals surface area contributed by atoms with Crippen molar-refractivity contribution in [1.29, 1.82) is 0 Å². The summed E-state index contributed by atoms with van der Waals surface area (Å²) in [5, 5.41) is 9.34. The van der Waals surface area contributed by atoms with Gasteiger partial charge in [-0.3, -0.25) is 0 Å². The Morgan fingerprint density at radius 2 is 1.75 bits per heavy atom. The van der Waals surface area contributed by atoms with Crippen LogP contribution in [0.4, 0.5) is 4.79 Å². The number of carbonyl (C=O) groups is 2. The van der Waals surface area contributed by atoms with Gasteiger partial charge in [-0.2, -0.15) is 0 Å². The van der Waals surface area contributed by atoms with Crippen molar-refractivity contribution in [2.24, 2.45) is 0 Å². The molecule has 6 heteroatoms. The summed E-state index contributed by atoms with van der Waals surface area (Å²) in [4.78, 5) is 28.0. The largest absolute Gasteiger partial charge is 0.478 e. The molecular weight excluding hydrogens is 452 g/mol. The summed E-state index contributed by atoms with van der Waals surface area (Å²) in [5.41, 5.74) is 3.14. The Labute approximate surface area is 215 Å². The number of hydrogen-bond acceptors (Lipinski definition) is 3. The number of carbonyl (C=O) groups excluding carboxylic acids is 1. The van der Waals surface area contributed by atoms with Crippen LogP contribution in [-0.2, 0) is 23.2 Å². The molecule has 2 aromatic rings. The molecule has 2 aromatic carbocycles. The summed E-state index contributed by atoms with van der Waals surface area (Å²) in [6.07, 6.45) is 4.39. The van der Waals surface area contributed by atoms with Gasteiger partial charge in [0.1, 0.15) is 5.75 Å². The number of ether oxygens (including phenoxy) is 1. The van der Waals surface area contributed by atoms with Crippen LogP contribution in [0.1, 0.15) is 69.7 Å². The molecule has 1 heterocycles. The minimum Gasteiger partial charge on any atom is -0.478 e. The molecule has 1 atom stereocenters. The van der Waals surface area contributed by atoms with E-state index < -0.39 is 11.6 Å². The Bertz CT molecular complexity index is 1100. The maximum Gasteiger partial charge on any atom is 0.347 e. The predicted molar refractivity (Wildman–Crippen MR) is 144 cm³/mol. The zero-order chi connectivity index (χ0) is 26.7. The van der Waals surface area contributed by atoms with Crippen LogP contribution in [0.3, 0.4) is 0 Å². The Hall–Kier alpha value is -3.28. The van der Waals surface area contributed by atoms with E-state index in [0.29, 0.717) is 12.3 Å². The van der Waals surface area contributed by atoms with E-state index in [9.17, 15) is 14.7 Å². The Kier molecular flexibility index (Phi) is 8.17. The van der Waals surface area contributed by atoms with Gasteiger partial charge in [-0.1, -0.05) is 63.8 Å². The van der Waals surface area contributed by atoms with Gasteiger partial charge in [0.15, 0.2) is 5.60 Å². The molecule has 0 saturated carbocycles. The molecule has 6 nitrogen and oxygen atoms in total. The van der Waals surface area contributed by atoms with Crippen LogP contribution < -0.4 is 4.74 Å². The highest BCUT2D eigenvalue weighted by molar-refractivity contribution is 5.77. The van der Waals surface area contributed by atoms with Crippen molar-refractivity contribution in [1.82, 2.24) is 9.80 Å². The van der Waals surface area contributed by atoms with E-state index in [1.165, 1.54) is 19.4 Å². The molecule has 0 bridgehead atoms. The van der Waals surface area contributed by atoms with E-state index in [1.807, 2.05) is 35.0 Å². The third-order valence-corrected chi connectivity index (χ3v) is 6.92. The highest BCUT2D eigenvalue weighted by Gasteiger charge is 2.34. The second-order valence-corrected chi connectivity index (χ2v) is 11.3. The van der Waals surface area contributed by atoms with Gasteiger partial charge in [0.05, 0.1) is 6.04 Å². The smallest absolute Gasteiger partial charge is 0.347 e. The molecule has 0 aromatic heterocycles. The molecular formula is C30H40N2O4. The number of hydrogen-bond donors (Lipinski definition) is 1. The van der Waals surface area contributed by atoms with Gasteiger partial charge in [-0.25, -0.2) is 9.59 Å². The number of rotatable bonds is 10. The van der Waals surface area contributed by atoms with E-state index >= 15 is 0 Å². The lowest BCUT2D eigenvalue weighted by atomic mass is 9.87. The van der Waals surface area contributed by atoms with Crippen LogP contribution in [0.25, 0.3) is 6.08 Å². The maximum absolute atomic E-state index is 12.8. The van der Waals surface area contributed by atoms with E-state index in [2.05, 4.69) is 51.6 Å². The quantitative estimate of drug-likeness (QED) is 0.433. The van der Waals surface area contributed by atoms with Gasteiger partial charge in [-0.15, -0.1) is 0 Å². The average molecular weight is 493 g/mol. The maximum atomic E-state index is 12.8. The molecule has 3 rings (SSSR count). The van der Waals surface area contributed by atoms with E-state index in [4.69, 9.17) is 4.74 Å². The summed E-state index contributed by atoms with van der Waals surface area (Å²) in [5.74, 6) is -0.513. The van der Waals surface area contributed by atoms with Gasteiger partial charge in [0.25, 0.3) is 0 Å².